The number of ether oxygens (including phenoxy) is 2. The first-order chi connectivity index (χ1) is 8.65. The minimum Gasteiger partial charge on any atom is -0.460 e. The molecule has 1 aromatic rings. The molecule has 0 aliphatic heterocycles. The van der Waals surface area contributed by atoms with Gasteiger partial charge in [-0.25, -0.2) is 9.78 Å². The zero-order chi connectivity index (χ0) is 13.4. The van der Waals surface area contributed by atoms with Crippen LogP contribution in [0.25, 0.3) is 0 Å². The monoisotopic (exact) mass is 335 g/mol. The van der Waals surface area contributed by atoms with E-state index in [9.17, 15) is 4.79 Å². The van der Waals surface area contributed by atoms with Crippen molar-refractivity contribution in [3.63, 3.8) is 0 Å². The molecule has 0 aromatic carbocycles. The van der Waals surface area contributed by atoms with E-state index in [4.69, 9.17) is 21.1 Å². The van der Waals surface area contributed by atoms with Gasteiger partial charge in [-0.3, -0.25) is 0 Å². The molecule has 1 rings (SSSR count). The second-order valence-corrected chi connectivity index (χ2v) is 4.87. The molecule has 1 heterocycles. The van der Waals surface area contributed by atoms with Gasteiger partial charge in [0.1, 0.15) is 11.8 Å². The van der Waals surface area contributed by atoms with E-state index in [0.717, 1.165) is 12.8 Å². The Kier molecular flexibility index (Phi) is 7.23. The highest BCUT2D eigenvalue weighted by Gasteiger charge is 2.13. The summed E-state index contributed by atoms with van der Waals surface area (Å²) in [4.78, 5) is 15.5. The van der Waals surface area contributed by atoms with E-state index in [1.165, 1.54) is 6.20 Å². The molecule has 0 atom stereocenters. The Balaban J connectivity index is 2.34. The van der Waals surface area contributed by atoms with Crippen LogP contribution >= 0.6 is 27.5 Å². The first-order valence-electron chi connectivity index (χ1n) is 5.71. The van der Waals surface area contributed by atoms with Gasteiger partial charge in [-0.05, 0) is 28.4 Å². The highest BCUT2D eigenvalue weighted by atomic mass is 79.9. The molecule has 0 spiro atoms. The lowest BCUT2D eigenvalue weighted by atomic mass is 10.3. The van der Waals surface area contributed by atoms with E-state index in [1.807, 2.05) is 0 Å². The van der Waals surface area contributed by atoms with Crippen LogP contribution in [0.15, 0.2) is 16.7 Å². The van der Waals surface area contributed by atoms with Crippen molar-refractivity contribution in [3.8, 4) is 0 Å². The van der Waals surface area contributed by atoms with Crippen LogP contribution in [-0.2, 0) is 9.47 Å². The quantitative estimate of drug-likeness (QED) is 0.434. The molecule has 6 heteroatoms. The normalized spacial score (nSPS) is 10.4. The van der Waals surface area contributed by atoms with Crippen LogP contribution in [0.4, 0.5) is 0 Å². The van der Waals surface area contributed by atoms with E-state index in [2.05, 4.69) is 27.8 Å². The highest BCUT2D eigenvalue weighted by molar-refractivity contribution is 9.10. The number of carbonyl (C=O) groups excluding carboxylic acids is 1. The van der Waals surface area contributed by atoms with Gasteiger partial charge >= 0.3 is 5.97 Å². The number of rotatable bonds is 7. The molecule has 0 fully saturated rings. The molecule has 18 heavy (non-hydrogen) atoms. The minimum atomic E-state index is -0.493. The van der Waals surface area contributed by atoms with E-state index in [1.54, 1.807) is 6.07 Å². The van der Waals surface area contributed by atoms with Crippen molar-refractivity contribution in [2.24, 2.45) is 0 Å². The molecule has 0 saturated heterocycles. The van der Waals surface area contributed by atoms with E-state index < -0.39 is 5.97 Å². The van der Waals surface area contributed by atoms with Crippen molar-refractivity contribution in [1.29, 1.82) is 0 Å². The summed E-state index contributed by atoms with van der Waals surface area (Å²) >= 11 is 9.03. The Labute approximate surface area is 120 Å². The third-order valence-corrected chi connectivity index (χ3v) is 2.86. The van der Waals surface area contributed by atoms with Crippen LogP contribution in [0.1, 0.15) is 30.1 Å². The number of pyridine rings is 1. The van der Waals surface area contributed by atoms with Crippen LogP contribution < -0.4 is 0 Å². The lowest BCUT2D eigenvalue weighted by Crippen LogP contribution is -2.12. The number of hydrogen-bond donors (Lipinski definition) is 0. The zero-order valence-electron chi connectivity index (χ0n) is 10.1. The van der Waals surface area contributed by atoms with Gasteiger partial charge in [-0.15, -0.1) is 0 Å². The fraction of sp³-hybridized carbons (Fsp3) is 0.500. The van der Waals surface area contributed by atoms with E-state index in [-0.39, 0.29) is 17.3 Å². The standard InChI is InChI=1S/C12H15BrClNO3/c1-2-3-4-17-5-6-18-12(16)10-7-9(13)8-15-11(10)14/h7-8H,2-6H2,1H3. The van der Waals surface area contributed by atoms with Gasteiger partial charge in [-0.2, -0.15) is 0 Å². The van der Waals surface area contributed by atoms with Crippen molar-refractivity contribution < 1.29 is 14.3 Å². The number of hydrogen-bond acceptors (Lipinski definition) is 4. The van der Waals surface area contributed by atoms with Crippen molar-refractivity contribution in [1.82, 2.24) is 4.98 Å². The summed E-state index contributed by atoms with van der Waals surface area (Å²) in [5.41, 5.74) is 0.250. The smallest absolute Gasteiger partial charge is 0.341 e. The molecule has 0 aliphatic carbocycles. The van der Waals surface area contributed by atoms with Crippen LogP contribution in [-0.4, -0.2) is 30.8 Å². The first-order valence-corrected chi connectivity index (χ1v) is 6.88. The van der Waals surface area contributed by atoms with Gasteiger partial charge in [0, 0.05) is 17.3 Å². The van der Waals surface area contributed by atoms with Crippen molar-refractivity contribution in [3.05, 3.63) is 27.5 Å². The van der Waals surface area contributed by atoms with Crippen molar-refractivity contribution in [2.45, 2.75) is 19.8 Å². The SMILES string of the molecule is CCCCOCCOC(=O)c1cc(Br)cnc1Cl. The molecule has 0 amide bonds. The molecule has 0 N–H and O–H groups in total. The molecule has 0 bridgehead atoms. The summed E-state index contributed by atoms with van der Waals surface area (Å²) in [6.45, 7) is 3.38. The average molecular weight is 337 g/mol. The maximum absolute atomic E-state index is 11.7. The summed E-state index contributed by atoms with van der Waals surface area (Å²) in [5.74, 6) is -0.493. The minimum absolute atomic E-state index is 0.134. The molecule has 0 radical (unpaired) electrons. The summed E-state index contributed by atoms with van der Waals surface area (Å²) < 4.78 is 11.0. The van der Waals surface area contributed by atoms with Gasteiger partial charge in [0.2, 0.25) is 0 Å². The Morgan fingerprint density at radius 1 is 1.44 bits per heavy atom. The van der Waals surface area contributed by atoms with Crippen LogP contribution in [0, 0.1) is 0 Å². The topological polar surface area (TPSA) is 48.4 Å². The fourth-order valence-electron chi connectivity index (χ4n) is 1.19. The summed E-state index contributed by atoms with van der Waals surface area (Å²) in [5, 5.41) is 0.134. The third-order valence-electron chi connectivity index (χ3n) is 2.13. The number of nitrogens with zero attached hydrogens (tertiary/aromatic N) is 1. The Morgan fingerprint density at radius 3 is 2.94 bits per heavy atom. The fourth-order valence-corrected chi connectivity index (χ4v) is 1.70. The lowest BCUT2D eigenvalue weighted by Gasteiger charge is -2.06. The van der Waals surface area contributed by atoms with Gasteiger partial charge in [0.05, 0.1) is 12.2 Å². The van der Waals surface area contributed by atoms with Gasteiger partial charge in [-0.1, -0.05) is 24.9 Å². The average Bonchev–Trinajstić information content (AvgIpc) is 2.36. The van der Waals surface area contributed by atoms with Crippen molar-refractivity contribution in [2.75, 3.05) is 19.8 Å². The number of unbranched alkanes of at least 4 members (excludes halogenated alkanes) is 1. The molecule has 4 nitrogen and oxygen atoms in total. The zero-order valence-corrected chi connectivity index (χ0v) is 12.5. The third kappa shape index (κ3) is 5.33. The van der Waals surface area contributed by atoms with Gasteiger partial charge in [0.25, 0.3) is 0 Å². The number of carbonyl (C=O) groups is 1. The maximum atomic E-state index is 11.7. The molecule has 0 unspecified atom stereocenters. The summed E-state index contributed by atoms with van der Waals surface area (Å²) in [6, 6.07) is 1.58. The highest BCUT2D eigenvalue weighted by Crippen LogP contribution is 2.18. The Morgan fingerprint density at radius 2 is 2.22 bits per heavy atom. The predicted octanol–water partition coefficient (Wildman–Crippen LogP) is 3.47. The number of halogens is 2. The van der Waals surface area contributed by atoms with E-state index in [0.29, 0.717) is 17.7 Å². The van der Waals surface area contributed by atoms with Gasteiger partial charge < -0.3 is 9.47 Å². The van der Waals surface area contributed by atoms with Gasteiger partial charge in [0.15, 0.2) is 0 Å². The van der Waals surface area contributed by atoms with Crippen LogP contribution in [0.3, 0.4) is 0 Å². The maximum Gasteiger partial charge on any atom is 0.341 e. The molecular weight excluding hydrogens is 321 g/mol. The van der Waals surface area contributed by atoms with Crippen molar-refractivity contribution >= 4 is 33.5 Å². The Hall–Kier alpha value is -0.650. The molecular formula is C12H15BrClNO3. The lowest BCUT2D eigenvalue weighted by molar-refractivity contribution is 0.0313. The van der Waals surface area contributed by atoms with E-state index >= 15 is 0 Å². The largest absolute Gasteiger partial charge is 0.460 e. The molecule has 1 aromatic heterocycles. The first kappa shape index (κ1) is 15.4. The second kappa shape index (κ2) is 8.45. The summed E-state index contributed by atoms with van der Waals surface area (Å²) in [7, 11) is 0. The number of aromatic nitrogens is 1. The molecule has 100 valence electrons. The Bertz CT molecular complexity index is 401. The predicted molar refractivity (Wildman–Crippen MR) is 73.0 cm³/mol. The molecule has 0 saturated carbocycles. The molecule has 0 aliphatic rings. The summed E-state index contributed by atoms with van der Waals surface area (Å²) in [6.07, 6.45) is 3.61. The van der Waals surface area contributed by atoms with Crippen LogP contribution in [0.5, 0.6) is 0 Å². The van der Waals surface area contributed by atoms with Crippen LogP contribution in [0.2, 0.25) is 5.15 Å². The second-order valence-electron chi connectivity index (χ2n) is 3.59. The number of esters is 1.